The van der Waals surface area contributed by atoms with Crippen molar-refractivity contribution in [1.82, 2.24) is 15.0 Å². The number of hydrogen-bond acceptors (Lipinski definition) is 5. The van der Waals surface area contributed by atoms with E-state index in [1.165, 1.54) is 17.5 Å². The lowest BCUT2D eigenvalue weighted by Gasteiger charge is -2.01. The van der Waals surface area contributed by atoms with Crippen LogP contribution in [0.1, 0.15) is 26.6 Å². The lowest BCUT2D eigenvalue weighted by Crippen LogP contribution is -2.13. The molecule has 5 nitrogen and oxygen atoms in total. The predicted molar refractivity (Wildman–Crippen MR) is 96.1 cm³/mol. The molecule has 24 heavy (non-hydrogen) atoms. The van der Waals surface area contributed by atoms with Gasteiger partial charge in [0.1, 0.15) is 5.69 Å². The Hall–Kier alpha value is -2.02. The molecule has 0 atom stereocenters. The van der Waals surface area contributed by atoms with Gasteiger partial charge in [0.15, 0.2) is 5.13 Å². The minimum Gasteiger partial charge on any atom is -0.296 e. The molecule has 0 radical (unpaired) electrons. The van der Waals surface area contributed by atoms with Gasteiger partial charge in [-0.05, 0) is 24.6 Å². The Kier molecular flexibility index (Phi) is 5.08. The van der Waals surface area contributed by atoms with Crippen molar-refractivity contribution in [2.24, 2.45) is 0 Å². The van der Waals surface area contributed by atoms with Crippen molar-refractivity contribution in [1.29, 1.82) is 0 Å². The van der Waals surface area contributed by atoms with E-state index in [0.29, 0.717) is 21.6 Å². The monoisotopic (exact) mass is 378 g/mol. The molecule has 0 spiro atoms. The number of anilines is 1. The molecule has 0 bridgehead atoms. The van der Waals surface area contributed by atoms with Gasteiger partial charge in [0, 0.05) is 23.7 Å². The molecule has 0 aliphatic heterocycles. The smallest absolute Gasteiger partial charge is 0.277 e. The van der Waals surface area contributed by atoms with Crippen LogP contribution in [0.25, 0.3) is 0 Å². The zero-order valence-electron chi connectivity index (χ0n) is 12.6. The molecular weight excluding hydrogens is 367 g/mol. The van der Waals surface area contributed by atoms with Crippen molar-refractivity contribution in [3.63, 3.8) is 0 Å². The van der Waals surface area contributed by atoms with Gasteiger partial charge in [0.05, 0.1) is 21.9 Å². The van der Waals surface area contributed by atoms with E-state index in [1.807, 2.05) is 19.1 Å². The van der Waals surface area contributed by atoms with E-state index in [9.17, 15) is 4.79 Å². The summed E-state index contributed by atoms with van der Waals surface area (Å²) in [5.41, 5.74) is 2.03. The van der Waals surface area contributed by atoms with Crippen LogP contribution in [0.3, 0.4) is 0 Å². The molecule has 1 amide bonds. The summed E-state index contributed by atoms with van der Waals surface area (Å²) in [6.45, 7) is 1.81. The van der Waals surface area contributed by atoms with Gasteiger partial charge in [0.2, 0.25) is 0 Å². The van der Waals surface area contributed by atoms with Crippen LogP contribution < -0.4 is 5.32 Å². The molecule has 122 valence electrons. The second-order valence-electron chi connectivity index (χ2n) is 5.05. The number of aromatic nitrogens is 3. The maximum atomic E-state index is 12.1. The molecule has 3 rings (SSSR count). The van der Waals surface area contributed by atoms with Crippen molar-refractivity contribution >= 4 is 45.6 Å². The number of amides is 1. The van der Waals surface area contributed by atoms with Crippen LogP contribution in [-0.2, 0) is 6.42 Å². The van der Waals surface area contributed by atoms with Gasteiger partial charge in [-0.1, -0.05) is 29.3 Å². The standard InChI is InChI=1S/C16H12Cl2N4OS/c1-9-6-20-14(8-19-9)15(23)22-16-21-7-11(24-16)4-10-2-3-12(17)13(18)5-10/h2-3,5-8H,4H2,1H3,(H,21,22,23). The fourth-order valence-corrected chi connectivity index (χ4v) is 3.13. The summed E-state index contributed by atoms with van der Waals surface area (Å²) >= 11 is 13.3. The first-order valence-electron chi connectivity index (χ1n) is 7.00. The number of nitrogens with one attached hydrogen (secondary N) is 1. The van der Waals surface area contributed by atoms with E-state index in [1.54, 1.807) is 18.5 Å². The number of aryl methyl sites for hydroxylation is 1. The molecule has 8 heteroatoms. The Labute approximate surface area is 152 Å². The highest BCUT2D eigenvalue weighted by atomic mass is 35.5. The number of thiazole rings is 1. The second kappa shape index (κ2) is 7.25. The third kappa shape index (κ3) is 4.08. The van der Waals surface area contributed by atoms with E-state index in [-0.39, 0.29) is 11.6 Å². The highest BCUT2D eigenvalue weighted by Crippen LogP contribution is 2.26. The summed E-state index contributed by atoms with van der Waals surface area (Å²) in [4.78, 5) is 25.4. The van der Waals surface area contributed by atoms with E-state index >= 15 is 0 Å². The molecule has 1 aromatic carbocycles. The first-order chi connectivity index (χ1) is 11.5. The molecule has 1 N–H and O–H groups in total. The molecule has 0 saturated heterocycles. The van der Waals surface area contributed by atoms with Crippen molar-refractivity contribution in [3.8, 4) is 0 Å². The summed E-state index contributed by atoms with van der Waals surface area (Å²) in [7, 11) is 0. The molecule has 0 aliphatic rings. The molecule has 0 aliphatic carbocycles. The zero-order valence-corrected chi connectivity index (χ0v) is 14.9. The molecule has 2 heterocycles. The number of nitrogens with zero attached hydrogens (tertiary/aromatic N) is 3. The number of carbonyl (C=O) groups is 1. The van der Waals surface area contributed by atoms with Crippen LogP contribution in [0.4, 0.5) is 5.13 Å². The largest absolute Gasteiger partial charge is 0.296 e. The molecule has 3 aromatic rings. The van der Waals surface area contributed by atoms with Crippen LogP contribution in [0.15, 0.2) is 36.8 Å². The van der Waals surface area contributed by atoms with Gasteiger partial charge in [-0.25, -0.2) is 9.97 Å². The topological polar surface area (TPSA) is 67.8 Å². The van der Waals surface area contributed by atoms with E-state index in [2.05, 4.69) is 20.3 Å². The first kappa shape index (κ1) is 16.8. The van der Waals surface area contributed by atoms with Gasteiger partial charge < -0.3 is 0 Å². The lowest BCUT2D eigenvalue weighted by molar-refractivity contribution is 0.102. The molecule has 0 unspecified atom stereocenters. The molecular formula is C16H12Cl2N4OS. The van der Waals surface area contributed by atoms with Crippen molar-refractivity contribution in [2.45, 2.75) is 13.3 Å². The van der Waals surface area contributed by atoms with Gasteiger partial charge in [0.25, 0.3) is 5.91 Å². The van der Waals surface area contributed by atoms with Crippen LogP contribution in [0.5, 0.6) is 0 Å². The number of hydrogen-bond donors (Lipinski definition) is 1. The third-order valence-corrected chi connectivity index (χ3v) is 4.80. The maximum Gasteiger partial charge on any atom is 0.277 e. The average Bonchev–Trinajstić information content (AvgIpc) is 2.98. The number of carbonyl (C=O) groups excluding carboxylic acids is 1. The summed E-state index contributed by atoms with van der Waals surface area (Å²) < 4.78 is 0. The number of halogens is 2. The van der Waals surface area contributed by atoms with E-state index in [4.69, 9.17) is 23.2 Å². The third-order valence-electron chi connectivity index (χ3n) is 3.15. The Balaban J connectivity index is 1.67. The summed E-state index contributed by atoms with van der Waals surface area (Å²) in [5.74, 6) is -0.335. The normalized spacial score (nSPS) is 10.6. The lowest BCUT2D eigenvalue weighted by atomic mass is 10.1. The predicted octanol–water partition coefficient (Wildman–Crippen LogP) is 4.39. The van der Waals surface area contributed by atoms with Crippen molar-refractivity contribution < 1.29 is 4.79 Å². The second-order valence-corrected chi connectivity index (χ2v) is 6.98. The Bertz CT molecular complexity index is 880. The summed E-state index contributed by atoms with van der Waals surface area (Å²) in [6.07, 6.45) is 5.37. The zero-order chi connectivity index (χ0) is 17.1. The average molecular weight is 379 g/mol. The van der Waals surface area contributed by atoms with Crippen LogP contribution in [-0.4, -0.2) is 20.9 Å². The highest BCUT2D eigenvalue weighted by Gasteiger charge is 2.11. The fourth-order valence-electron chi connectivity index (χ4n) is 1.97. The number of benzene rings is 1. The Morgan fingerprint density at radius 1 is 1.12 bits per heavy atom. The van der Waals surface area contributed by atoms with E-state index in [0.717, 1.165) is 16.1 Å². The SMILES string of the molecule is Cc1cnc(C(=O)Nc2ncc(Cc3ccc(Cl)c(Cl)c3)s2)cn1. The van der Waals surface area contributed by atoms with Crippen LogP contribution in [0.2, 0.25) is 10.0 Å². The number of rotatable bonds is 4. The Morgan fingerprint density at radius 2 is 1.96 bits per heavy atom. The minimum absolute atomic E-state index is 0.252. The van der Waals surface area contributed by atoms with Gasteiger partial charge in [-0.3, -0.25) is 15.1 Å². The molecule has 0 saturated carbocycles. The van der Waals surface area contributed by atoms with Crippen LogP contribution in [0, 0.1) is 6.92 Å². The van der Waals surface area contributed by atoms with Crippen LogP contribution >= 0.6 is 34.5 Å². The maximum absolute atomic E-state index is 12.1. The summed E-state index contributed by atoms with van der Waals surface area (Å²) in [6, 6.07) is 5.50. The molecule has 0 fully saturated rings. The quantitative estimate of drug-likeness (QED) is 0.730. The molecule has 2 aromatic heterocycles. The van der Waals surface area contributed by atoms with Gasteiger partial charge in [-0.2, -0.15) is 0 Å². The van der Waals surface area contributed by atoms with Gasteiger partial charge in [-0.15, -0.1) is 11.3 Å². The van der Waals surface area contributed by atoms with E-state index < -0.39 is 0 Å². The first-order valence-corrected chi connectivity index (χ1v) is 8.57. The van der Waals surface area contributed by atoms with Crippen molar-refractivity contribution in [3.05, 3.63) is 68.7 Å². The highest BCUT2D eigenvalue weighted by molar-refractivity contribution is 7.15. The fraction of sp³-hybridized carbons (Fsp3) is 0.125. The Morgan fingerprint density at radius 3 is 2.67 bits per heavy atom. The van der Waals surface area contributed by atoms with Gasteiger partial charge >= 0.3 is 0 Å². The van der Waals surface area contributed by atoms with Crippen molar-refractivity contribution in [2.75, 3.05) is 5.32 Å². The summed E-state index contributed by atoms with van der Waals surface area (Å²) in [5, 5.41) is 4.28. The minimum atomic E-state index is -0.335.